The Labute approximate surface area is 192 Å². The number of carbonyl (C=O) groups is 2. The Morgan fingerprint density at radius 1 is 1.06 bits per heavy atom. The van der Waals surface area contributed by atoms with Crippen LogP contribution < -0.4 is 5.32 Å². The number of carbonyl (C=O) groups excluding carboxylic acids is 1. The Bertz CT molecular complexity index is 990. The third-order valence-corrected chi connectivity index (χ3v) is 7.59. The third-order valence-electron chi connectivity index (χ3n) is 6.85. The van der Waals surface area contributed by atoms with E-state index in [0.29, 0.717) is 28.6 Å². The summed E-state index contributed by atoms with van der Waals surface area (Å²) in [5, 5.41) is 14.0. The van der Waals surface area contributed by atoms with Crippen LogP contribution in [0.25, 0.3) is 0 Å². The summed E-state index contributed by atoms with van der Waals surface area (Å²) in [6.07, 6.45) is 2.17. The molecule has 1 amide bonds. The molecule has 1 saturated heterocycles. The van der Waals surface area contributed by atoms with Gasteiger partial charge in [-0.1, -0.05) is 59.6 Å². The van der Waals surface area contributed by atoms with Crippen LogP contribution in [0.3, 0.4) is 0 Å². The summed E-state index contributed by atoms with van der Waals surface area (Å²) in [5.74, 6) is -0.832. The number of hydrogen-bond acceptors (Lipinski definition) is 3. The Hall–Kier alpha value is -2.08. The van der Waals surface area contributed by atoms with Crippen LogP contribution in [-0.4, -0.2) is 41.5 Å². The van der Waals surface area contributed by atoms with Gasteiger partial charge in [-0.15, -0.1) is 0 Å². The number of nitrogens with zero attached hydrogens (tertiary/aromatic N) is 1. The van der Waals surface area contributed by atoms with Crippen molar-refractivity contribution in [3.8, 4) is 0 Å². The maximum atomic E-state index is 12.2. The number of rotatable bonds is 6. The van der Waals surface area contributed by atoms with Crippen LogP contribution in [0.5, 0.6) is 0 Å². The Morgan fingerprint density at radius 2 is 1.74 bits per heavy atom. The van der Waals surface area contributed by atoms with Crippen LogP contribution in [0.15, 0.2) is 48.5 Å². The van der Waals surface area contributed by atoms with Crippen LogP contribution in [0.4, 0.5) is 0 Å². The van der Waals surface area contributed by atoms with Crippen LogP contribution >= 0.6 is 23.2 Å². The average Bonchev–Trinajstić information content (AvgIpc) is 3.47. The highest BCUT2D eigenvalue weighted by molar-refractivity contribution is 6.42. The van der Waals surface area contributed by atoms with Gasteiger partial charge in [-0.05, 0) is 48.4 Å². The molecule has 2 atom stereocenters. The highest BCUT2D eigenvalue weighted by atomic mass is 35.5. The summed E-state index contributed by atoms with van der Waals surface area (Å²) in [5.41, 5.74) is 0.556. The predicted molar refractivity (Wildman–Crippen MR) is 121 cm³/mol. The van der Waals surface area contributed by atoms with Crippen molar-refractivity contribution in [2.24, 2.45) is 5.92 Å². The lowest BCUT2D eigenvalue weighted by atomic mass is 9.80. The SMILES string of the molecule is CC(=O)NC1(c2ccccc2)CCN(CC2CC2(C(=O)O)c2ccc(Cl)c(Cl)c2)CC1. The van der Waals surface area contributed by atoms with Crippen molar-refractivity contribution in [1.82, 2.24) is 10.2 Å². The standard InChI is InChI=1S/C24H26Cl2N2O3/c1-16(29)27-23(17-5-3-2-4-6-17)9-11-28(12-10-23)15-19-14-24(19,22(30)31)18-7-8-20(25)21(26)13-18/h2-8,13,19H,9-12,14-15H2,1H3,(H,27,29)(H,30,31). The van der Waals surface area contributed by atoms with Gasteiger partial charge in [0.15, 0.2) is 0 Å². The van der Waals surface area contributed by atoms with Gasteiger partial charge < -0.3 is 15.3 Å². The molecular formula is C24H26Cl2N2O3. The van der Waals surface area contributed by atoms with Gasteiger partial charge in [0.1, 0.15) is 0 Å². The maximum Gasteiger partial charge on any atom is 0.314 e. The lowest BCUT2D eigenvalue weighted by Crippen LogP contribution is -2.53. The first-order valence-corrected chi connectivity index (χ1v) is 11.3. The number of aliphatic carboxylic acids is 1. The fourth-order valence-corrected chi connectivity index (χ4v) is 5.37. The van der Waals surface area contributed by atoms with Crippen LogP contribution in [0, 0.1) is 5.92 Å². The summed E-state index contributed by atoms with van der Waals surface area (Å²) >= 11 is 12.2. The highest BCUT2D eigenvalue weighted by Crippen LogP contribution is 2.55. The number of benzene rings is 2. The number of carboxylic acids is 1. The van der Waals surface area contributed by atoms with E-state index in [4.69, 9.17) is 23.2 Å². The molecule has 0 spiro atoms. The second-order valence-electron chi connectivity index (χ2n) is 8.74. The van der Waals surface area contributed by atoms with Crippen molar-refractivity contribution in [2.45, 2.75) is 37.1 Å². The second kappa shape index (κ2) is 8.45. The molecule has 7 heteroatoms. The highest BCUT2D eigenvalue weighted by Gasteiger charge is 2.62. The first-order valence-electron chi connectivity index (χ1n) is 10.5. The molecule has 2 aromatic rings. The zero-order chi connectivity index (χ0) is 22.2. The smallest absolute Gasteiger partial charge is 0.314 e. The number of nitrogens with one attached hydrogen (secondary N) is 1. The van der Waals surface area contributed by atoms with Crippen molar-refractivity contribution in [1.29, 1.82) is 0 Å². The number of halogens is 2. The normalized spacial score (nSPS) is 25.1. The number of carboxylic acid groups (broad SMARTS) is 1. The first kappa shape index (κ1) is 22.1. The Morgan fingerprint density at radius 3 is 2.32 bits per heavy atom. The van der Waals surface area contributed by atoms with Crippen LogP contribution in [0.2, 0.25) is 10.0 Å². The van der Waals surface area contributed by atoms with Gasteiger partial charge in [-0.25, -0.2) is 0 Å². The van der Waals surface area contributed by atoms with Crippen LogP contribution in [-0.2, 0) is 20.5 Å². The lowest BCUT2D eigenvalue weighted by molar-refractivity contribution is -0.140. The average molecular weight is 461 g/mol. The van der Waals surface area contributed by atoms with E-state index in [1.165, 1.54) is 0 Å². The number of piperidine rings is 1. The van der Waals surface area contributed by atoms with E-state index >= 15 is 0 Å². The monoisotopic (exact) mass is 460 g/mol. The molecule has 5 nitrogen and oxygen atoms in total. The van der Waals surface area contributed by atoms with E-state index in [1.54, 1.807) is 25.1 Å². The summed E-state index contributed by atoms with van der Waals surface area (Å²) < 4.78 is 0. The van der Waals surface area contributed by atoms with Crippen molar-refractivity contribution < 1.29 is 14.7 Å². The summed E-state index contributed by atoms with van der Waals surface area (Å²) in [6, 6.07) is 15.2. The molecule has 1 aliphatic heterocycles. The molecule has 2 aromatic carbocycles. The van der Waals surface area contributed by atoms with E-state index in [9.17, 15) is 14.7 Å². The Kier molecular flexibility index (Phi) is 6.03. The van der Waals surface area contributed by atoms with E-state index in [-0.39, 0.29) is 17.4 Å². The van der Waals surface area contributed by atoms with Gasteiger partial charge in [0.25, 0.3) is 0 Å². The summed E-state index contributed by atoms with van der Waals surface area (Å²) in [4.78, 5) is 26.4. The molecule has 31 heavy (non-hydrogen) atoms. The van der Waals surface area contributed by atoms with Crippen LogP contribution in [0.1, 0.15) is 37.3 Å². The van der Waals surface area contributed by atoms with Crippen molar-refractivity contribution in [3.63, 3.8) is 0 Å². The molecule has 1 heterocycles. The number of likely N-dealkylation sites (tertiary alicyclic amines) is 1. The van der Waals surface area contributed by atoms with Gasteiger partial charge in [0.2, 0.25) is 5.91 Å². The van der Waals surface area contributed by atoms with E-state index < -0.39 is 11.4 Å². The molecule has 2 unspecified atom stereocenters. The van der Waals surface area contributed by atoms with E-state index in [2.05, 4.69) is 22.3 Å². The summed E-state index contributed by atoms with van der Waals surface area (Å²) in [6.45, 7) is 3.85. The second-order valence-corrected chi connectivity index (χ2v) is 9.55. The number of amides is 1. The molecule has 0 aromatic heterocycles. The van der Waals surface area contributed by atoms with Gasteiger partial charge in [0.05, 0.1) is 21.0 Å². The molecule has 4 rings (SSSR count). The molecule has 2 N–H and O–H groups in total. The van der Waals surface area contributed by atoms with Crippen molar-refractivity contribution in [2.75, 3.05) is 19.6 Å². The third kappa shape index (κ3) is 4.19. The van der Waals surface area contributed by atoms with Gasteiger partial charge in [-0.3, -0.25) is 9.59 Å². The molecule has 2 aliphatic rings. The lowest BCUT2D eigenvalue weighted by Gasteiger charge is -2.43. The molecule has 164 valence electrons. The zero-order valence-electron chi connectivity index (χ0n) is 17.4. The molecular weight excluding hydrogens is 435 g/mol. The Balaban J connectivity index is 1.46. The fourth-order valence-electron chi connectivity index (χ4n) is 5.07. The van der Waals surface area contributed by atoms with Gasteiger partial charge in [-0.2, -0.15) is 0 Å². The molecule has 0 radical (unpaired) electrons. The van der Waals surface area contributed by atoms with Gasteiger partial charge >= 0.3 is 5.97 Å². The molecule has 1 aliphatic carbocycles. The quantitative estimate of drug-likeness (QED) is 0.667. The molecule has 2 fully saturated rings. The number of hydrogen-bond donors (Lipinski definition) is 2. The minimum atomic E-state index is -0.903. The largest absolute Gasteiger partial charge is 0.481 e. The molecule has 0 bridgehead atoms. The van der Waals surface area contributed by atoms with Crippen molar-refractivity contribution in [3.05, 3.63) is 69.7 Å². The first-order chi connectivity index (χ1) is 14.8. The van der Waals surface area contributed by atoms with E-state index in [1.807, 2.05) is 18.2 Å². The molecule has 1 saturated carbocycles. The summed E-state index contributed by atoms with van der Waals surface area (Å²) in [7, 11) is 0. The van der Waals surface area contributed by atoms with E-state index in [0.717, 1.165) is 31.5 Å². The van der Waals surface area contributed by atoms with Crippen molar-refractivity contribution >= 4 is 35.1 Å². The predicted octanol–water partition coefficient (Wildman–Crippen LogP) is 4.46. The fraction of sp³-hybridized carbons (Fsp3) is 0.417. The van der Waals surface area contributed by atoms with Gasteiger partial charge in [0, 0.05) is 26.6 Å². The zero-order valence-corrected chi connectivity index (χ0v) is 18.9. The minimum absolute atomic E-state index is 0.0206. The minimum Gasteiger partial charge on any atom is -0.481 e. The topological polar surface area (TPSA) is 69.6 Å². The maximum absolute atomic E-state index is 12.2.